The maximum Gasteiger partial charge on any atom is 0.246 e. The van der Waals surface area contributed by atoms with E-state index in [1.807, 2.05) is 0 Å². The number of hydrogen-bond donors (Lipinski definition) is 2. The SMILES string of the molecule is O=C1c2ccccc2SC(O)(O)c2ccccc21. The molecule has 18 heavy (non-hydrogen) atoms. The van der Waals surface area contributed by atoms with Gasteiger partial charge in [0.2, 0.25) is 5.12 Å². The van der Waals surface area contributed by atoms with Gasteiger partial charge < -0.3 is 10.2 Å². The van der Waals surface area contributed by atoms with Crippen molar-refractivity contribution in [3.8, 4) is 0 Å². The maximum absolute atomic E-state index is 12.4. The molecule has 0 amide bonds. The predicted octanol–water partition coefficient (Wildman–Crippen LogP) is 2.12. The average molecular weight is 258 g/mol. The monoisotopic (exact) mass is 258 g/mol. The Bertz CT molecular complexity index is 634. The normalized spacial score (nSPS) is 16.7. The smallest absolute Gasteiger partial charge is 0.246 e. The van der Waals surface area contributed by atoms with Crippen molar-refractivity contribution < 1.29 is 15.0 Å². The molecule has 1 aliphatic rings. The van der Waals surface area contributed by atoms with Crippen molar-refractivity contribution in [1.29, 1.82) is 0 Å². The number of hydrogen-bond acceptors (Lipinski definition) is 4. The molecule has 0 aliphatic carbocycles. The third kappa shape index (κ3) is 1.66. The minimum atomic E-state index is -2.08. The molecular formula is C14H10O3S. The summed E-state index contributed by atoms with van der Waals surface area (Å²) in [4.78, 5) is 13.0. The first-order valence-corrected chi connectivity index (χ1v) is 6.28. The molecule has 1 aliphatic heterocycles. The summed E-state index contributed by atoms with van der Waals surface area (Å²) in [6.45, 7) is 0. The van der Waals surface area contributed by atoms with Gasteiger partial charge in [-0.05, 0) is 12.1 Å². The van der Waals surface area contributed by atoms with Crippen LogP contribution in [-0.4, -0.2) is 16.0 Å². The lowest BCUT2D eigenvalue weighted by molar-refractivity contribution is -0.0818. The molecule has 0 bridgehead atoms. The summed E-state index contributed by atoms with van der Waals surface area (Å²) in [6, 6.07) is 13.5. The van der Waals surface area contributed by atoms with Crippen LogP contribution in [0.2, 0.25) is 0 Å². The first kappa shape index (κ1) is 11.5. The molecule has 0 fully saturated rings. The fourth-order valence-electron chi connectivity index (χ4n) is 2.06. The summed E-state index contributed by atoms with van der Waals surface area (Å²) >= 11 is 0.872. The summed E-state index contributed by atoms with van der Waals surface area (Å²) in [7, 11) is 0. The van der Waals surface area contributed by atoms with Crippen molar-refractivity contribution in [2.24, 2.45) is 0 Å². The Morgan fingerprint density at radius 1 is 0.889 bits per heavy atom. The highest BCUT2D eigenvalue weighted by Crippen LogP contribution is 2.43. The summed E-state index contributed by atoms with van der Waals surface area (Å²) in [5, 5.41) is 18.2. The van der Waals surface area contributed by atoms with Gasteiger partial charge in [0.05, 0.1) is 0 Å². The molecule has 2 N–H and O–H groups in total. The summed E-state index contributed by atoms with van der Waals surface area (Å²) in [5.41, 5.74) is 1.07. The Morgan fingerprint density at radius 3 is 2.28 bits per heavy atom. The molecule has 0 aromatic heterocycles. The van der Waals surface area contributed by atoms with Crippen molar-refractivity contribution >= 4 is 17.5 Å². The molecule has 0 saturated carbocycles. The number of ketones is 1. The number of aliphatic hydroxyl groups is 2. The van der Waals surface area contributed by atoms with Gasteiger partial charge in [-0.1, -0.05) is 48.2 Å². The van der Waals surface area contributed by atoms with E-state index in [0.717, 1.165) is 11.8 Å². The molecule has 0 saturated heterocycles. The predicted molar refractivity (Wildman–Crippen MR) is 68.3 cm³/mol. The minimum absolute atomic E-state index is 0.182. The van der Waals surface area contributed by atoms with Gasteiger partial charge in [-0.3, -0.25) is 4.79 Å². The molecule has 2 aromatic rings. The average Bonchev–Trinajstić information content (AvgIpc) is 2.45. The van der Waals surface area contributed by atoms with Crippen LogP contribution < -0.4 is 0 Å². The quantitative estimate of drug-likeness (QED) is 0.711. The number of carbonyl (C=O) groups is 1. The number of benzene rings is 2. The molecule has 1 heterocycles. The van der Waals surface area contributed by atoms with Crippen LogP contribution in [0, 0.1) is 0 Å². The summed E-state index contributed by atoms with van der Waals surface area (Å²) < 4.78 is 0. The van der Waals surface area contributed by atoms with E-state index in [9.17, 15) is 15.0 Å². The first-order chi connectivity index (χ1) is 8.59. The van der Waals surface area contributed by atoms with E-state index in [0.29, 0.717) is 16.0 Å². The van der Waals surface area contributed by atoms with Crippen LogP contribution in [-0.2, 0) is 5.12 Å². The second kappa shape index (κ2) is 3.95. The Labute approximate surface area is 108 Å². The standard InChI is InChI=1S/C14H10O3S/c15-13-9-5-1-3-7-11(9)14(16,17)18-12-8-4-2-6-10(12)13/h1-8,16-17H. The van der Waals surface area contributed by atoms with Crippen LogP contribution in [0.1, 0.15) is 21.5 Å². The highest BCUT2D eigenvalue weighted by atomic mass is 32.2. The van der Waals surface area contributed by atoms with Crippen LogP contribution in [0.5, 0.6) is 0 Å². The van der Waals surface area contributed by atoms with E-state index in [4.69, 9.17) is 0 Å². The summed E-state index contributed by atoms with van der Waals surface area (Å²) in [5.74, 6) is -0.182. The van der Waals surface area contributed by atoms with Gasteiger partial charge in [0, 0.05) is 21.6 Å². The molecule has 3 rings (SSSR count). The van der Waals surface area contributed by atoms with Gasteiger partial charge in [0.25, 0.3) is 0 Å². The Balaban J connectivity index is 2.32. The van der Waals surface area contributed by atoms with Gasteiger partial charge in [0.15, 0.2) is 5.78 Å². The molecule has 2 aromatic carbocycles. The van der Waals surface area contributed by atoms with Gasteiger partial charge in [-0.25, -0.2) is 0 Å². The third-order valence-corrected chi connectivity index (χ3v) is 3.99. The molecule has 0 radical (unpaired) electrons. The lowest BCUT2D eigenvalue weighted by Crippen LogP contribution is -2.21. The van der Waals surface area contributed by atoms with E-state index in [1.165, 1.54) is 0 Å². The molecular weight excluding hydrogens is 248 g/mol. The molecule has 0 atom stereocenters. The fourth-order valence-corrected chi connectivity index (χ4v) is 3.07. The fraction of sp³-hybridized carbons (Fsp3) is 0.0714. The molecule has 0 unspecified atom stereocenters. The van der Waals surface area contributed by atoms with E-state index >= 15 is 0 Å². The minimum Gasteiger partial charge on any atom is -0.353 e. The van der Waals surface area contributed by atoms with Crippen LogP contribution in [0.3, 0.4) is 0 Å². The Hall–Kier alpha value is -1.62. The molecule has 4 heteroatoms. The number of rotatable bonds is 0. The van der Waals surface area contributed by atoms with Crippen molar-refractivity contribution in [1.82, 2.24) is 0 Å². The van der Waals surface area contributed by atoms with Crippen molar-refractivity contribution in [3.63, 3.8) is 0 Å². The second-order valence-corrected chi connectivity index (χ2v) is 5.29. The lowest BCUT2D eigenvalue weighted by Gasteiger charge is -2.20. The number of thioether (sulfide) groups is 1. The van der Waals surface area contributed by atoms with Gasteiger partial charge in [0.1, 0.15) is 0 Å². The number of fused-ring (bicyclic) bond motifs is 2. The van der Waals surface area contributed by atoms with Crippen LogP contribution >= 0.6 is 11.8 Å². The van der Waals surface area contributed by atoms with Crippen molar-refractivity contribution in [2.45, 2.75) is 10.0 Å². The van der Waals surface area contributed by atoms with Crippen LogP contribution in [0.25, 0.3) is 0 Å². The first-order valence-electron chi connectivity index (χ1n) is 5.46. The zero-order valence-corrected chi connectivity index (χ0v) is 10.1. The third-order valence-electron chi connectivity index (χ3n) is 2.91. The highest BCUT2D eigenvalue weighted by molar-refractivity contribution is 8.00. The molecule has 0 spiro atoms. The lowest BCUT2D eigenvalue weighted by atomic mass is 9.98. The van der Waals surface area contributed by atoms with E-state index in [2.05, 4.69) is 0 Å². The molecule has 90 valence electrons. The zero-order valence-electron chi connectivity index (χ0n) is 9.33. The molecule has 3 nitrogen and oxygen atoms in total. The van der Waals surface area contributed by atoms with Gasteiger partial charge in [-0.2, -0.15) is 0 Å². The van der Waals surface area contributed by atoms with E-state index in [1.54, 1.807) is 48.5 Å². The van der Waals surface area contributed by atoms with Crippen LogP contribution in [0.15, 0.2) is 53.4 Å². The topological polar surface area (TPSA) is 57.5 Å². The summed E-state index contributed by atoms with van der Waals surface area (Å²) in [6.07, 6.45) is 0. The Morgan fingerprint density at radius 2 is 1.50 bits per heavy atom. The second-order valence-electron chi connectivity index (χ2n) is 4.08. The van der Waals surface area contributed by atoms with Gasteiger partial charge in [-0.15, -0.1) is 0 Å². The maximum atomic E-state index is 12.4. The van der Waals surface area contributed by atoms with E-state index in [-0.39, 0.29) is 11.3 Å². The van der Waals surface area contributed by atoms with Crippen molar-refractivity contribution in [2.75, 3.05) is 0 Å². The highest BCUT2D eigenvalue weighted by Gasteiger charge is 2.36. The van der Waals surface area contributed by atoms with Gasteiger partial charge >= 0.3 is 0 Å². The zero-order chi connectivity index (χ0) is 12.8. The van der Waals surface area contributed by atoms with E-state index < -0.39 is 5.12 Å². The number of carbonyl (C=O) groups excluding carboxylic acids is 1. The Kier molecular flexibility index (Phi) is 2.52. The largest absolute Gasteiger partial charge is 0.353 e. The van der Waals surface area contributed by atoms with Crippen molar-refractivity contribution in [3.05, 3.63) is 65.2 Å². The van der Waals surface area contributed by atoms with Crippen LogP contribution in [0.4, 0.5) is 0 Å².